The number of aryl methyl sites for hydroxylation is 1. The minimum atomic E-state index is -0.910. The first-order valence-electron chi connectivity index (χ1n) is 7.84. The van der Waals surface area contributed by atoms with Crippen molar-refractivity contribution in [3.05, 3.63) is 50.1 Å². The first-order valence-corrected chi connectivity index (χ1v) is 8.22. The van der Waals surface area contributed by atoms with Gasteiger partial charge in [0.25, 0.3) is 5.56 Å². The fraction of sp³-hybridized carbons (Fsp3) is 0.312. The van der Waals surface area contributed by atoms with Crippen LogP contribution < -0.4 is 21.3 Å². The van der Waals surface area contributed by atoms with Gasteiger partial charge < -0.3 is 19.7 Å². The van der Waals surface area contributed by atoms with E-state index < -0.39 is 17.4 Å². The smallest absolute Gasteiger partial charge is 0.329 e. The minimum absolute atomic E-state index is 0.00806. The summed E-state index contributed by atoms with van der Waals surface area (Å²) in [7, 11) is 3.15. The number of ether oxygens (including phenoxy) is 1. The average molecular weight is 380 g/mol. The molecule has 0 fully saturated rings. The third-order valence-electron chi connectivity index (χ3n) is 3.88. The molecular formula is C16H18ClN5O4. The lowest BCUT2D eigenvalue weighted by atomic mass is 10.3. The molecule has 0 saturated heterocycles. The van der Waals surface area contributed by atoms with Crippen LogP contribution in [0, 0.1) is 0 Å². The van der Waals surface area contributed by atoms with E-state index in [9.17, 15) is 14.7 Å². The highest BCUT2D eigenvalue weighted by atomic mass is 35.5. The Morgan fingerprint density at radius 1 is 1.35 bits per heavy atom. The summed E-state index contributed by atoms with van der Waals surface area (Å²) in [5, 5.41) is 13.8. The summed E-state index contributed by atoms with van der Waals surface area (Å²) in [4.78, 5) is 30.4. The van der Waals surface area contributed by atoms with Gasteiger partial charge in [-0.3, -0.25) is 14.3 Å². The number of aliphatic hydroxyl groups is 1. The molecule has 0 amide bonds. The first kappa shape index (κ1) is 18.0. The molecule has 0 aliphatic rings. The molecular weight excluding hydrogens is 362 g/mol. The van der Waals surface area contributed by atoms with Crippen molar-refractivity contribution in [3.8, 4) is 5.75 Å². The Balaban J connectivity index is 1.85. The van der Waals surface area contributed by atoms with Gasteiger partial charge in [0.1, 0.15) is 18.5 Å². The molecule has 1 aromatic carbocycles. The number of anilines is 1. The second kappa shape index (κ2) is 7.22. The summed E-state index contributed by atoms with van der Waals surface area (Å²) in [6.45, 7) is 0.0652. The summed E-state index contributed by atoms with van der Waals surface area (Å²) in [6.07, 6.45) is -0.910. The maximum absolute atomic E-state index is 12.2. The fourth-order valence-electron chi connectivity index (χ4n) is 2.59. The maximum Gasteiger partial charge on any atom is 0.329 e. The standard InChI is InChI=1S/C16H18ClN5O4/c1-18-15-19-13-12(14(24)20-16(25)21(13)2)22(15)7-10(23)8-26-11-5-3-9(17)4-6-11/h3-6,10,23H,7-8H2,1-2H3,(H,18,19)(H,20,24,25)/t10-/m0/s1. The van der Waals surface area contributed by atoms with E-state index in [1.807, 2.05) is 0 Å². The molecule has 0 saturated carbocycles. The highest BCUT2D eigenvalue weighted by Gasteiger charge is 2.19. The monoisotopic (exact) mass is 379 g/mol. The topological polar surface area (TPSA) is 114 Å². The second-order valence-corrected chi connectivity index (χ2v) is 6.14. The summed E-state index contributed by atoms with van der Waals surface area (Å²) < 4.78 is 8.28. The molecule has 0 aliphatic heterocycles. The van der Waals surface area contributed by atoms with E-state index in [4.69, 9.17) is 16.3 Å². The van der Waals surface area contributed by atoms with Gasteiger partial charge in [0.2, 0.25) is 5.95 Å². The quantitative estimate of drug-likeness (QED) is 0.576. The predicted octanol–water partition coefficient (Wildman–Crippen LogP) is 0.558. The van der Waals surface area contributed by atoms with Crippen LogP contribution in [0.4, 0.5) is 5.95 Å². The third-order valence-corrected chi connectivity index (χ3v) is 4.13. The molecule has 0 radical (unpaired) electrons. The number of benzene rings is 1. The largest absolute Gasteiger partial charge is 0.491 e. The Morgan fingerprint density at radius 3 is 2.69 bits per heavy atom. The highest BCUT2D eigenvalue weighted by Crippen LogP contribution is 2.17. The number of H-pyrrole nitrogens is 1. The lowest BCUT2D eigenvalue weighted by Gasteiger charge is -2.15. The summed E-state index contributed by atoms with van der Waals surface area (Å²) in [5.41, 5.74) is -0.694. The van der Waals surface area contributed by atoms with Crippen LogP contribution in [0.25, 0.3) is 11.2 Å². The molecule has 0 unspecified atom stereocenters. The molecule has 2 aromatic heterocycles. The van der Waals surface area contributed by atoms with Gasteiger partial charge >= 0.3 is 5.69 Å². The molecule has 0 aliphatic carbocycles. The van der Waals surface area contributed by atoms with Gasteiger partial charge in [-0.25, -0.2) is 4.79 Å². The lowest BCUT2D eigenvalue weighted by molar-refractivity contribution is 0.0938. The van der Waals surface area contributed by atoms with E-state index in [0.717, 1.165) is 0 Å². The zero-order valence-corrected chi connectivity index (χ0v) is 14.9. The molecule has 9 nitrogen and oxygen atoms in total. The number of halogens is 1. The van der Waals surface area contributed by atoms with Gasteiger partial charge in [0.05, 0.1) is 6.54 Å². The highest BCUT2D eigenvalue weighted by molar-refractivity contribution is 6.30. The van der Waals surface area contributed by atoms with Gasteiger partial charge in [0.15, 0.2) is 11.2 Å². The molecule has 10 heteroatoms. The molecule has 3 N–H and O–H groups in total. The maximum atomic E-state index is 12.2. The molecule has 3 aromatic rings. The number of hydrogen-bond donors (Lipinski definition) is 3. The van der Waals surface area contributed by atoms with Gasteiger partial charge in [-0.2, -0.15) is 4.98 Å². The summed E-state index contributed by atoms with van der Waals surface area (Å²) >= 11 is 5.82. The number of imidazole rings is 1. The molecule has 3 rings (SSSR count). The summed E-state index contributed by atoms with van der Waals surface area (Å²) in [5.74, 6) is 0.926. The molecule has 0 spiro atoms. The van der Waals surface area contributed by atoms with Crippen molar-refractivity contribution in [3.63, 3.8) is 0 Å². The zero-order chi connectivity index (χ0) is 18.8. The van der Waals surface area contributed by atoms with Crippen LogP contribution in [0.1, 0.15) is 0 Å². The van der Waals surface area contributed by atoms with E-state index in [-0.39, 0.29) is 24.3 Å². The van der Waals surface area contributed by atoms with E-state index in [1.54, 1.807) is 31.3 Å². The number of rotatable bonds is 6. The van der Waals surface area contributed by atoms with E-state index >= 15 is 0 Å². The Kier molecular flexibility index (Phi) is 5.01. The number of nitrogens with zero attached hydrogens (tertiary/aromatic N) is 3. The third kappa shape index (κ3) is 3.44. The zero-order valence-electron chi connectivity index (χ0n) is 14.2. The number of fused-ring (bicyclic) bond motifs is 1. The molecule has 138 valence electrons. The van der Waals surface area contributed by atoms with E-state index in [1.165, 1.54) is 16.2 Å². The van der Waals surface area contributed by atoms with Crippen LogP contribution in [0.2, 0.25) is 5.02 Å². The van der Waals surface area contributed by atoms with Crippen LogP contribution in [-0.4, -0.2) is 44.0 Å². The van der Waals surface area contributed by atoms with Crippen LogP contribution in [-0.2, 0) is 13.6 Å². The van der Waals surface area contributed by atoms with Crippen molar-refractivity contribution < 1.29 is 9.84 Å². The normalized spacial score (nSPS) is 12.3. The minimum Gasteiger partial charge on any atom is -0.491 e. The van der Waals surface area contributed by atoms with Crippen molar-refractivity contribution in [2.24, 2.45) is 7.05 Å². The van der Waals surface area contributed by atoms with Crippen molar-refractivity contribution in [2.75, 3.05) is 19.0 Å². The van der Waals surface area contributed by atoms with Crippen LogP contribution in [0.15, 0.2) is 33.9 Å². The lowest BCUT2D eigenvalue weighted by Crippen LogP contribution is -2.30. The number of aromatic nitrogens is 4. The summed E-state index contributed by atoms with van der Waals surface area (Å²) in [6, 6.07) is 6.76. The van der Waals surface area contributed by atoms with Crippen LogP contribution in [0.3, 0.4) is 0 Å². The Labute approximate surface area is 152 Å². The van der Waals surface area contributed by atoms with Crippen molar-refractivity contribution in [1.29, 1.82) is 0 Å². The number of aromatic amines is 1. The fourth-order valence-corrected chi connectivity index (χ4v) is 2.72. The van der Waals surface area contributed by atoms with Gasteiger partial charge in [0, 0.05) is 19.1 Å². The van der Waals surface area contributed by atoms with Crippen molar-refractivity contribution in [1.82, 2.24) is 19.1 Å². The Bertz CT molecular complexity index is 1040. The van der Waals surface area contributed by atoms with Crippen molar-refractivity contribution in [2.45, 2.75) is 12.6 Å². The average Bonchev–Trinajstić information content (AvgIpc) is 2.98. The molecule has 2 heterocycles. The van der Waals surface area contributed by atoms with Gasteiger partial charge in [-0.15, -0.1) is 0 Å². The SMILES string of the molecule is CNc1nc2c(c(=O)[nH]c(=O)n2C)n1C[C@H](O)COc1ccc(Cl)cc1. The second-order valence-electron chi connectivity index (χ2n) is 5.71. The Hall–Kier alpha value is -2.78. The molecule has 0 bridgehead atoms. The number of hydrogen-bond acceptors (Lipinski definition) is 6. The van der Waals surface area contributed by atoms with Gasteiger partial charge in [-0.05, 0) is 24.3 Å². The van der Waals surface area contributed by atoms with E-state index in [0.29, 0.717) is 16.7 Å². The molecule has 26 heavy (non-hydrogen) atoms. The van der Waals surface area contributed by atoms with Crippen LogP contribution in [0.5, 0.6) is 5.75 Å². The first-order chi connectivity index (χ1) is 12.4. The molecule has 1 atom stereocenters. The number of aliphatic hydroxyl groups excluding tert-OH is 1. The van der Waals surface area contributed by atoms with E-state index in [2.05, 4.69) is 15.3 Å². The van der Waals surface area contributed by atoms with Crippen LogP contribution >= 0.6 is 11.6 Å². The van der Waals surface area contributed by atoms with Crippen molar-refractivity contribution >= 4 is 28.7 Å². The van der Waals surface area contributed by atoms with Gasteiger partial charge in [-0.1, -0.05) is 11.6 Å². The predicted molar refractivity (Wildman–Crippen MR) is 98.1 cm³/mol. The Morgan fingerprint density at radius 2 is 2.04 bits per heavy atom. The number of nitrogens with one attached hydrogen (secondary N) is 2.